The van der Waals surface area contributed by atoms with Crippen LogP contribution in [0.2, 0.25) is 5.02 Å². The van der Waals surface area contributed by atoms with Crippen molar-refractivity contribution < 1.29 is 17.5 Å². The van der Waals surface area contributed by atoms with E-state index in [0.29, 0.717) is 29.2 Å². The molecule has 0 amide bonds. The van der Waals surface area contributed by atoms with Crippen LogP contribution in [0.3, 0.4) is 0 Å². The molecule has 1 aliphatic heterocycles. The van der Waals surface area contributed by atoms with E-state index in [4.69, 9.17) is 16.3 Å². The van der Waals surface area contributed by atoms with Gasteiger partial charge in [-0.25, -0.2) is 17.5 Å². The van der Waals surface area contributed by atoms with Crippen molar-refractivity contribution in [2.45, 2.75) is 30.4 Å². The number of benzene rings is 2. The number of fused-ring (bicyclic) bond motifs is 1. The summed E-state index contributed by atoms with van der Waals surface area (Å²) in [5, 5.41) is 4.01. The SMILES string of the molecule is O=S(=O)(NCC1CCCO1)c1ccc(CNc2ccc3c(Cl)ccnc3c2F)cc1. The number of hydrogen-bond acceptors (Lipinski definition) is 5. The first-order valence-electron chi connectivity index (χ1n) is 9.61. The largest absolute Gasteiger partial charge is 0.379 e. The Labute approximate surface area is 179 Å². The van der Waals surface area contributed by atoms with E-state index in [1.54, 1.807) is 30.3 Å². The molecular weight excluding hydrogens is 429 g/mol. The molecule has 4 rings (SSSR count). The van der Waals surface area contributed by atoms with Crippen molar-refractivity contribution in [2.75, 3.05) is 18.5 Å². The van der Waals surface area contributed by atoms with E-state index in [-0.39, 0.29) is 23.1 Å². The first-order chi connectivity index (χ1) is 14.4. The Kier molecular flexibility index (Phi) is 6.19. The van der Waals surface area contributed by atoms with Gasteiger partial charge in [0.05, 0.1) is 21.7 Å². The lowest BCUT2D eigenvalue weighted by molar-refractivity contribution is 0.114. The maximum absolute atomic E-state index is 14.7. The smallest absolute Gasteiger partial charge is 0.240 e. The molecule has 6 nitrogen and oxygen atoms in total. The first-order valence-corrected chi connectivity index (χ1v) is 11.5. The maximum Gasteiger partial charge on any atom is 0.240 e. The summed E-state index contributed by atoms with van der Waals surface area (Å²) in [5.74, 6) is -0.479. The molecule has 0 aliphatic carbocycles. The summed E-state index contributed by atoms with van der Waals surface area (Å²) < 4.78 is 47.6. The van der Waals surface area contributed by atoms with Gasteiger partial charge in [0.15, 0.2) is 5.82 Å². The van der Waals surface area contributed by atoms with Gasteiger partial charge in [-0.3, -0.25) is 4.98 Å². The second kappa shape index (κ2) is 8.85. The highest BCUT2D eigenvalue weighted by Gasteiger charge is 2.20. The quantitative estimate of drug-likeness (QED) is 0.567. The van der Waals surface area contributed by atoms with E-state index in [0.717, 1.165) is 18.4 Å². The van der Waals surface area contributed by atoms with Gasteiger partial charge in [-0.2, -0.15) is 0 Å². The number of halogens is 2. The van der Waals surface area contributed by atoms with E-state index in [9.17, 15) is 12.8 Å². The van der Waals surface area contributed by atoms with Gasteiger partial charge < -0.3 is 10.1 Å². The van der Waals surface area contributed by atoms with Gasteiger partial charge >= 0.3 is 0 Å². The molecule has 1 unspecified atom stereocenters. The normalized spacial score (nSPS) is 16.8. The van der Waals surface area contributed by atoms with E-state index in [2.05, 4.69) is 15.0 Å². The monoisotopic (exact) mass is 449 g/mol. The third kappa shape index (κ3) is 4.57. The molecule has 1 aliphatic rings. The zero-order valence-corrected chi connectivity index (χ0v) is 17.6. The van der Waals surface area contributed by atoms with Crippen molar-refractivity contribution in [1.29, 1.82) is 0 Å². The number of nitrogens with zero attached hydrogens (tertiary/aromatic N) is 1. The number of rotatable bonds is 7. The number of anilines is 1. The van der Waals surface area contributed by atoms with Crippen LogP contribution < -0.4 is 10.0 Å². The molecule has 3 aromatic rings. The Bertz CT molecular complexity index is 1150. The van der Waals surface area contributed by atoms with Crippen molar-refractivity contribution in [3.05, 3.63) is 65.1 Å². The third-order valence-corrected chi connectivity index (χ3v) is 6.81. The minimum Gasteiger partial charge on any atom is -0.379 e. The Hall–Kier alpha value is -2.26. The minimum absolute atomic E-state index is 0.0653. The summed E-state index contributed by atoms with van der Waals surface area (Å²) >= 11 is 6.08. The van der Waals surface area contributed by atoms with Crippen LogP contribution in [-0.4, -0.2) is 32.7 Å². The molecule has 2 aromatic carbocycles. The Morgan fingerprint density at radius 3 is 2.70 bits per heavy atom. The zero-order chi connectivity index (χ0) is 21.1. The number of pyridine rings is 1. The van der Waals surface area contributed by atoms with Gasteiger partial charge in [0.25, 0.3) is 0 Å². The molecule has 30 heavy (non-hydrogen) atoms. The number of ether oxygens (including phenoxy) is 1. The first kappa shape index (κ1) is 21.0. The lowest BCUT2D eigenvalue weighted by atomic mass is 10.1. The molecule has 9 heteroatoms. The highest BCUT2D eigenvalue weighted by atomic mass is 35.5. The summed E-state index contributed by atoms with van der Waals surface area (Å²) in [6.45, 7) is 1.27. The van der Waals surface area contributed by atoms with Crippen LogP contribution in [0, 0.1) is 5.82 Å². The van der Waals surface area contributed by atoms with Gasteiger partial charge in [0.2, 0.25) is 10.0 Å². The van der Waals surface area contributed by atoms with Gasteiger partial charge in [-0.15, -0.1) is 0 Å². The van der Waals surface area contributed by atoms with Crippen LogP contribution in [0.25, 0.3) is 10.9 Å². The summed E-state index contributed by atoms with van der Waals surface area (Å²) in [7, 11) is -3.60. The topological polar surface area (TPSA) is 80.3 Å². The molecule has 0 radical (unpaired) electrons. The van der Waals surface area contributed by atoms with Crippen molar-refractivity contribution in [3.8, 4) is 0 Å². The van der Waals surface area contributed by atoms with Crippen LogP contribution in [0.15, 0.2) is 53.6 Å². The van der Waals surface area contributed by atoms with Crippen LogP contribution in [0.4, 0.5) is 10.1 Å². The van der Waals surface area contributed by atoms with Crippen molar-refractivity contribution in [1.82, 2.24) is 9.71 Å². The molecule has 1 aromatic heterocycles. The summed E-state index contributed by atoms with van der Waals surface area (Å²) in [4.78, 5) is 4.24. The fourth-order valence-electron chi connectivity index (χ4n) is 3.36. The second-order valence-electron chi connectivity index (χ2n) is 7.10. The third-order valence-electron chi connectivity index (χ3n) is 5.04. The number of aromatic nitrogens is 1. The van der Waals surface area contributed by atoms with E-state index < -0.39 is 15.8 Å². The predicted molar refractivity (Wildman–Crippen MR) is 115 cm³/mol. The van der Waals surface area contributed by atoms with Crippen molar-refractivity contribution >= 4 is 38.2 Å². The molecule has 1 fully saturated rings. The molecule has 0 saturated carbocycles. The van der Waals surface area contributed by atoms with Gasteiger partial charge in [-0.1, -0.05) is 23.7 Å². The molecule has 0 bridgehead atoms. The lowest BCUT2D eigenvalue weighted by Gasteiger charge is -2.12. The Morgan fingerprint density at radius 1 is 1.17 bits per heavy atom. The number of sulfonamides is 1. The lowest BCUT2D eigenvalue weighted by Crippen LogP contribution is -2.31. The fraction of sp³-hybridized carbons (Fsp3) is 0.286. The van der Waals surface area contributed by atoms with Gasteiger partial charge in [-0.05, 0) is 48.7 Å². The van der Waals surface area contributed by atoms with Crippen LogP contribution in [0.1, 0.15) is 18.4 Å². The van der Waals surface area contributed by atoms with Gasteiger partial charge in [0.1, 0.15) is 5.52 Å². The molecule has 2 heterocycles. The average Bonchev–Trinajstić information content (AvgIpc) is 3.27. The average molecular weight is 450 g/mol. The minimum atomic E-state index is -3.60. The number of hydrogen-bond donors (Lipinski definition) is 2. The number of nitrogens with one attached hydrogen (secondary N) is 2. The van der Waals surface area contributed by atoms with Crippen molar-refractivity contribution in [3.63, 3.8) is 0 Å². The van der Waals surface area contributed by atoms with E-state index in [1.807, 2.05) is 0 Å². The van der Waals surface area contributed by atoms with Crippen molar-refractivity contribution in [2.24, 2.45) is 0 Å². The highest BCUT2D eigenvalue weighted by Crippen LogP contribution is 2.28. The predicted octanol–water partition coefficient (Wildman–Crippen LogP) is 4.10. The van der Waals surface area contributed by atoms with E-state index >= 15 is 0 Å². The molecule has 1 saturated heterocycles. The van der Waals surface area contributed by atoms with Crippen LogP contribution in [0.5, 0.6) is 0 Å². The Balaban J connectivity index is 1.41. The highest BCUT2D eigenvalue weighted by molar-refractivity contribution is 7.89. The molecule has 1 atom stereocenters. The summed E-state index contributed by atoms with van der Waals surface area (Å²) in [5.41, 5.74) is 1.31. The fourth-order valence-corrected chi connectivity index (χ4v) is 4.64. The van der Waals surface area contributed by atoms with Crippen LogP contribution >= 0.6 is 11.6 Å². The van der Waals surface area contributed by atoms with Gasteiger partial charge in [0, 0.05) is 31.3 Å². The van der Waals surface area contributed by atoms with E-state index in [1.165, 1.54) is 18.3 Å². The second-order valence-corrected chi connectivity index (χ2v) is 9.27. The summed E-state index contributed by atoms with van der Waals surface area (Å²) in [6.07, 6.45) is 3.21. The standard InChI is InChI=1S/C21H21ClFN3O3S/c22-18-9-10-24-21-17(18)7-8-19(20(21)23)25-12-14-3-5-16(6-4-14)30(27,28)26-13-15-2-1-11-29-15/h3-10,15,25-26H,1-2,11-13H2. The van der Waals surface area contributed by atoms with Crippen LogP contribution in [-0.2, 0) is 21.3 Å². The molecular formula is C21H21ClFN3O3S. The maximum atomic E-state index is 14.7. The molecule has 2 N–H and O–H groups in total. The molecule has 0 spiro atoms. The summed E-state index contributed by atoms with van der Waals surface area (Å²) in [6, 6.07) is 11.4. The molecule has 158 valence electrons. The Morgan fingerprint density at radius 2 is 1.97 bits per heavy atom. The zero-order valence-electron chi connectivity index (χ0n) is 16.1.